The van der Waals surface area contributed by atoms with Crippen molar-refractivity contribution >= 4 is 32.8 Å². The monoisotopic (exact) mass is 504 g/mol. The summed E-state index contributed by atoms with van der Waals surface area (Å²) in [5.41, 5.74) is 3.37. The normalized spacial score (nSPS) is 19.8. The molecule has 5 heterocycles. The molecule has 6 rings (SSSR count). The van der Waals surface area contributed by atoms with E-state index in [0.29, 0.717) is 65.7 Å². The Morgan fingerprint density at radius 3 is 2.61 bits per heavy atom. The van der Waals surface area contributed by atoms with Crippen LogP contribution in [0.4, 0.5) is 5.69 Å². The summed E-state index contributed by atoms with van der Waals surface area (Å²) in [5, 5.41) is 2.89. The van der Waals surface area contributed by atoms with Crippen molar-refractivity contribution in [1.29, 1.82) is 0 Å². The fraction of sp³-hybridized carbons (Fsp3) is 0.333. The van der Waals surface area contributed by atoms with Crippen LogP contribution in [0.2, 0.25) is 0 Å². The second kappa shape index (κ2) is 7.87. The van der Waals surface area contributed by atoms with Gasteiger partial charge in [0.05, 0.1) is 11.8 Å². The molecule has 0 aliphatic carbocycles. The van der Waals surface area contributed by atoms with Gasteiger partial charge in [-0.25, -0.2) is 33.3 Å². The molecule has 0 unspecified atom stereocenters. The number of rotatable bonds is 4. The Kier molecular flexibility index (Phi) is 4.96. The van der Waals surface area contributed by atoms with E-state index in [1.165, 1.54) is 10.6 Å². The molecule has 2 aliphatic rings. The van der Waals surface area contributed by atoms with Gasteiger partial charge in [0.1, 0.15) is 34.7 Å². The van der Waals surface area contributed by atoms with E-state index in [9.17, 15) is 13.2 Å². The molecule has 1 N–H and O–H groups in total. The number of aryl methyl sites for hydroxylation is 2. The van der Waals surface area contributed by atoms with Gasteiger partial charge in [-0.15, -0.1) is 0 Å². The maximum absolute atomic E-state index is 13.2. The summed E-state index contributed by atoms with van der Waals surface area (Å²) in [7, 11) is -3.60. The minimum absolute atomic E-state index is 0.302. The van der Waals surface area contributed by atoms with Crippen molar-refractivity contribution in [1.82, 2.24) is 33.8 Å². The molecule has 36 heavy (non-hydrogen) atoms. The van der Waals surface area contributed by atoms with Crippen molar-refractivity contribution in [2.75, 3.05) is 18.1 Å². The average molecular weight is 505 g/mol. The number of carbonyl (C=O) groups excluding carboxylic acids is 1. The van der Waals surface area contributed by atoms with Gasteiger partial charge in [-0.1, -0.05) is 6.07 Å². The Morgan fingerprint density at radius 1 is 1.11 bits per heavy atom. The molecule has 4 aromatic rings. The first-order valence-corrected chi connectivity index (χ1v) is 13.5. The standard InChI is InChI=1S/C24H24N8O3S/c1-4-31-21(16-11-25-14(2)26-12-16)30-20-19(27-13-28-22(20)31)15-6-7-18-17(10-15)24(23(33)29-18)8-5-9-32(24)36(3,34)35/h6-7,10-13H,4-5,8-9H2,1-3H3,(H,29,33)/t24-/m1/s1. The number of nitrogens with one attached hydrogen (secondary N) is 1. The molecule has 3 aromatic heterocycles. The Labute approximate surface area is 207 Å². The van der Waals surface area contributed by atoms with Gasteiger partial charge in [0, 0.05) is 42.3 Å². The molecule has 184 valence electrons. The lowest BCUT2D eigenvalue weighted by Gasteiger charge is -2.31. The highest BCUT2D eigenvalue weighted by Crippen LogP contribution is 2.49. The molecular weight excluding hydrogens is 480 g/mol. The van der Waals surface area contributed by atoms with E-state index in [2.05, 4.69) is 25.3 Å². The summed E-state index contributed by atoms with van der Waals surface area (Å²) < 4.78 is 28.5. The van der Waals surface area contributed by atoms with Crippen LogP contribution >= 0.6 is 0 Å². The molecule has 0 saturated carbocycles. The molecule has 0 radical (unpaired) electrons. The fourth-order valence-electron chi connectivity index (χ4n) is 5.41. The number of benzene rings is 1. The number of nitrogens with zero attached hydrogens (tertiary/aromatic N) is 7. The average Bonchev–Trinajstić information content (AvgIpc) is 3.54. The fourth-order valence-corrected chi connectivity index (χ4v) is 6.70. The number of carbonyl (C=O) groups is 1. The summed E-state index contributed by atoms with van der Waals surface area (Å²) in [6.07, 6.45) is 7.13. The second-order valence-corrected chi connectivity index (χ2v) is 11.0. The van der Waals surface area contributed by atoms with Gasteiger partial charge < -0.3 is 9.88 Å². The van der Waals surface area contributed by atoms with E-state index in [1.54, 1.807) is 18.5 Å². The van der Waals surface area contributed by atoms with Crippen molar-refractivity contribution in [2.24, 2.45) is 0 Å². The van der Waals surface area contributed by atoms with Crippen molar-refractivity contribution in [3.05, 3.63) is 48.3 Å². The summed E-state index contributed by atoms with van der Waals surface area (Å²) in [6, 6.07) is 5.52. The molecule has 11 nitrogen and oxygen atoms in total. The number of anilines is 1. The number of sulfonamides is 1. The van der Waals surface area contributed by atoms with Crippen LogP contribution in [-0.4, -0.2) is 60.9 Å². The number of amides is 1. The second-order valence-electron chi connectivity index (χ2n) is 9.11. The molecule has 1 aromatic carbocycles. The van der Waals surface area contributed by atoms with Gasteiger partial charge in [0.25, 0.3) is 5.91 Å². The van der Waals surface area contributed by atoms with Crippen LogP contribution in [-0.2, 0) is 26.9 Å². The van der Waals surface area contributed by atoms with Gasteiger partial charge in [-0.05, 0) is 38.8 Å². The van der Waals surface area contributed by atoms with Gasteiger partial charge >= 0.3 is 0 Å². The zero-order chi connectivity index (χ0) is 25.2. The first-order valence-electron chi connectivity index (χ1n) is 11.7. The topological polar surface area (TPSA) is 136 Å². The SMILES string of the molecule is CCn1c(-c2cnc(C)nc2)nc2c(-c3ccc4c(c3)[C@]3(CCCN3S(C)(=O)=O)C(=O)N4)ncnc21. The Hall–Kier alpha value is -3.77. The van der Waals surface area contributed by atoms with E-state index in [-0.39, 0.29) is 5.91 Å². The number of hydrogen-bond donors (Lipinski definition) is 1. The summed E-state index contributed by atoms with van der Waals surface area (Å²) >= 11 is 0. The molecule has 1 fully saturated rings. The lowest BCUT2D eigenvalue weighted by atomic mass is 9.88. The largest absolute Gasteiger partial charge is 0.324 e. The first-order chi connectivity index (χ1) is 17.2. The molecule has 1 amide bonds. The summed E-state index contributed by atoms with van der Waals surface area (Å²) in [6.45, 7) is 4.77. The third-order valence-electron chi connectivity index (χ3n) is 6.98. The minimum atomic E-state index is -3.60. The van der Waals surface area contributed by atoms with E-state index in [4.69, 9.17) is 4.98 Å². The summed E-state index contributed by atoms with van der Waals surface area (Å²) in [4.78, 5) is 35.7. The van der Waals surface area contributed by atoms with Gasteiger partial charge in [0.15, 0.2) is 5.65 Å². The van der Waals surface area contributed by atoms with Crippen LogP contribution in [0.25, 0.3) is 33.8 Å². The zero-order valence-electron chi connectivity index (χ0n) is 20.1. The van der Waals surface area contributed by atoms with Crippen molar-refractivity contribution < 1.29 is 13.2 Å². The van der Waals surface area contributed by atoms with Crippen LogP contribution in [0.15, 0.2) is 36.9 Å². The smallest absolute Gasteiger partial charge is 0.250 e. The summed E-state index contributed by atoms with van der Waals surface area (Å²) in [5.74, 6) is 1.04. The van der Waals surface area contributed by atoms with Crippen molar-refractivity contribution in [3.63, 3.8) is 0 Å². The maximum atomic E-state index is 13.2. The number of imidazole rings is 1. The Morgan fingerprint density at radius 2 is 1.89 bits per heavy atom. The number of hydrogen-bond acceptors (Lipinski definition) is 8. The van der Waals surface area contributed by atoms with E-state index in [1.807, 2.05) is 30.5 Å². The number of fused-ring (bicyclic) bond motifs is 3. The van der Waals surface area contributed by atoms with Crippen LogP contribution in [0, 0.1) is 6.92 Å². The van der Waals surface area contributed by atoms with Crippen LogP contribution < -0.4 is 5.32 Å². The van der Waals surface area contributed by atoms with Gasteiger partial charge in [-0.3, -0.25) is 4.79 Å². The first kappa shape index (κ1) is 22.7. The van der Waals surface area contributed by atoms with Gasteiger partial charge in [-0.2, -0.15) is 4.31 Å². The quantitative estimate of drug-likeness (QED) is 0.448. The predicted molar refractivity (Wildman–Crippen MR) is 133 cm³/mol. The Bertz CT molecular complexity index is 1650. The van der Waals surface area contributed by atoms with Crippen LogP contribution in [0.1, 0.15) is 31.2 Å². The lowest BCUT2D eigenvalue weighted by molar-refractivity contribution is -0.123. The molecule has 2 aliphatic heterocycles. The highest BCUT2D eigenvalue weighted by molar-refractivity contribution is 7.88. The van der Waals surface area contributed by atoms with Gasteiger partial charge in [0.2, 0.25) is 10.0 Å². The predicted octanol–water partition coefficient (Wildman–Crippen LogP) is 2.48. The molecule has 12 heteroatoms. The number of aromatic nitrogens is 6. The van der Waals surface area contributed by atoms with E-state index >= 15 is 0 Å². The molecule has 1 spiro atoms. The zero-order valence-corrected chi connectivity index (χ0v) is 20.9. The minimum Gasteiger partial charge on any atom is -0.324 e. The molecule has 0 bridgehead atoms. The van der Waals surface area contributed by atoms with Crippen LogP contribution in [0.5, 0.6) is 0 Å². The highest BCUT2D eigenvalue weighted by Gasteiger charge is 2.57. The molecule has 1 saturated heterocycles. The third kappa shape index (κ3) is 3.17. The Balaban J connectivity index is 1.54. The molecule has 1 atom stereocenters. The maximum Gasteiger partial charge on any atom is 0.250 e. The third-order valence-corrected chi connectivity index (χ3v) is 8.27. The van der Waals surface area contributed by atoms with E-state index < -0.39 is 15.6 Å². The highest BCUT2D eigenvalue weighted by atomic mass is 32.2. The van der Waals surface area contributed by atoms with Crippen molar-refractivity contribution in [2.45, 2.75) is 38.8 Å². The lowest BCUT2D eigenvalue weighted by Crippen LogP contribution is -2.49. The van der Waals surface area contributed by atoms with Crippen LogP contribution in [0.3, 0.4) is 0 Å². The van der Waals surface area contributed by atoms with E-state index in [0.717, 1.165) is 17.4 Å². The molecular formula is C24H24N8O3S. The van der Waals surface area contributed by atoms with Crippen molar-refractivity contribution in [3.8, 4) is 22.6 Å².